The number of nitrogens with zero attached hydrogens (tertiary/aromatic N) is 7. The average Bonchev–Trinajstić information content (AvgIpc) is 3.52. The first kappa shape index (κ1) is 21.2. The van der Waals surface area contributed by atoms with E-state index in [4.69, 9.17) is 0 Å². The second kappa shape index (κ2) is 9.46. The van der Waals surface area contributed by atoms with Crippen LogP contribution in [0, 0.1) is 11.3 Å². The number of hydrogen-bond donors (Lipinski definition) is 1. The number of nitriles is 1. The van der Waals surface area contributed by atoms with Crippen LogP contribution in [0.4, 0.5) is 21.7 Å². The average molecular weight is 445 g/mol. The van der Waals surface area contributed by atoms with E-state index < -0.39 is 6.17 Å². The molecule has 1 N–H and O–H groups in total. The van der Waals surface area contributed by atoms with Gasteiger partial charge in [0.2, 0.25) is 5.95 Å². The van der Waals surface area contributed by atoms with Crippen LogP contribution in [0.5, 0.6) is 0 Å². The largest absolute Gasteiger partial charge is 0.369 e. The number of rotatable bonds is 6. The number of nitrogens with one attached hydrogen (secondary N) is 1. The zero-order valence-corrected chi connectivity index (χ0v) is 18.3. The number of hydrogen-bond acceptors (Lipinski definition) is 8. The molecular weight excluding hydrogens is 419 g/mol. The molecule has 2 fully saturated rings. The molecule has 168 valence electrons. The zero-order valence-electron chi connectivity index (χ0n) is 18.3. The van der Waals surface area contributed by atoms with Gasteiger partial charge in [0.05, 0.1) is 34.7 Å². The first-order chi connectivity index (χ1) is 16.2. The van der Waals surface area contributed by atoms with Gasteiger partial charge in [0.15, 0.2) is 5.69 Å². The lowest BCUT2D eigenvalue weighted by Gasteiger charge is -2.18. The molecule has 5 rings (SSSR count). The van der Waals surface area contributed by atoms with Crippen molar-refractivity contribution in [3.8, 4) is 17.5 Å². The van der Waals surface area contributed by atoms with Gasteiger partial charge < -0.3 is 10.2 Å². The molecule has 2 saturated heterocycles. The Balaban J connectivity index is 1.29. The van der Waals surface area contributed by atoms with E-state index in [1.54, 1.807) is 18.5 Å². The van der Waals surface area contributed by atoms with Crippen LogP contribution in [0.15, 0.2) is 42.7 Å². The van der Waals surface area contributed by atoms with Crippen LogP contribution in [0.2, 0.25) is 0 Å². The minimum absolute atomic E-state index is 0.416. The minimum Gasteiger partial charge on any atom is -0.369 e. The van der Waals surface area contributed by atoms with E-state index in [1.165, 1.54) is 0 Å². The Morgan fingerprint density at radius 2 is 1.88 bits per heavy atom. The fourth-order valence-corrected chi connectivity index (χ4v) is 4.33. The molecule has 0 aromatic carbocycles. The highest BCUT2D eigenvalue weighted by Gasteiger charge is 2.22. The highest BCUT2D eigenvalue weighted by Crippen LogP contribution is 2.26. The molecule has 2 aliphatic heterocycles. The van der Waals surface area contributed by atoms with Crippen molar-refractivity contribution in [3.63, 3.8) is 0 Å². The fourth-order valence-electron chi connectivity index (χ4n) is 4.33. The summed E-state index contributed by atoms with van der Waals surface area (Å²) in [6.45, 7) is 3.80. The molecule has 0 bridgehead atoms. The summed E-state index contributed by atoms with van der Waals surface area (Å²) in [5, 5.41) is 12.8. The van der Waals surface area contributed by atoms with Crippen molar-refractivity contribution in [1.29, 1.82) is 5.26 Å². The molecule has 0 spiro atoms. The third kappa shape index (κ3) is 4.91. The lowest BCUT2D eigenvalue weighted by Crippen LogP contribution is -2.20. The van der Waals surface area contributed by atoms with Gasteiger partial charge in [-0.25, -0.2) is 19.3 Å². The smallest absolute Gasteiger partial charge is 0.227 e. The zero-order chi connectivity index (χ0) is 22.6. The van der Waals surface area contributed by atoms with Gasteiger partial charge in [-0.15, -0.1) is 0 Å². The van der Waals surface area contributed by atoms with E-state index in [0.29, 0.717) is 42.5 Å². The molecular formula is C24H25FN8. The van der Waals surface area contributed by atoms with Gasteiger partial charge in [0.25, 0.3) is 0 Å². The van der Waals surface area contributed by atoms with Gasteiger partial charge in [-0.05, 0) is 49.6 Å². The number of alkyl halides is 1. The van der Waals surface area contributed by atoms with Gasteiger partial charge in [-0.3, -0.25) is 9.88 Å². The molecule has 0 amide bonds. The van der Waals surface area contributed by atoms with E-state index in [-0.39, 0.29) is 0 Å². The van der Waals surface area contributed by atoms with Crippen LogP contribution in [0.25, 0.3) is 11.4 Å². The molecule has 9 heteroatoms. The minimum atomic E-state index is -0.731. The first-order valence-electron chi connectivity index (χ1n) is 11.3. The fraction of sp³-hybridized carbons (Fsp3) is 0.375. The molecule has 3 aromatic heterocycles. The molecule has 0 saturated carbocycles. The summed E-state index contributed by atoms with van der Waals surface area (Å²) in [6, 6.07) is 11.7. The number of aromatic nitrogens is 4. The molecule has 2 aliphatic rings. The topological polar surface area (TPSA) is 93.9 Å². The summed E-state index contributed by atoms with van der Waals surface area (Å²) in [5.74, 6) is 0.422. The van der Waals surface area contributed by atoms with Crippen LogP contribution >= 0.6 is 0 Å². The van der Waals surface area contributed by atoms with Crippen LogP contribution < -0.4 is 10.2 Å². The quantitative estimate of drug-likeness (QED) is 0.615. The predicted molar refractivity (Wildman–Crippen MR) is 124 cm³/mol. The van der Waals surface area contributed by atoms with E-state index in [2.05, 4.69) is 41.1 Å². The molecule has 0 unspecified atom stereocenters. The number of likely N-dealkylation sites (tertiary alicyclic amines) is 1. The summed E-state index contributed by atoms with van der Waals surface area (Å²) in [5.41, 5.74) is 4.22. The van der Waals surface area contributed by atoms with Crippen LogP contribution in [-0.4, -0.2) is 57.2 Å². The first-order valence-corrected chi connectivity index (χ1v) is 11.3. The van der Waals surface area contributed by atoms with E-state index in [9.17, 15) is 9.65 Å². The van der Waals surface area contributed by atoms with Crippen molar-refractivity contribution in [1.82, 2.24) is 24.8 Å². The third-order valence-corrected chi connectivity index (χ3v) is 6.03. The van der Waals surface area contributed by atoms with Crippen molar-refractivity contribution in [2.45, 2.75) is 32.0 Å². The molecule has 0 aliphatic carbocycles. The number of halogens is 1. The van der Waals surface area contributed by atoms with Crippen molar-refractivity contribution < 1.29 is 4.39 Å². The van der Waals surface area contributed by atoms with Crippen molar-refractivity contribution in [2.75, 3.05) is 36.4 Å². The summed E-state index contributed by atoms with van der Waals surface area (Å²) >= 11 is 0. The Bertz CT molecular complexity index is 1150. The van der Waals surface area contributed by atoms with E-state index >= 15 is 0 Å². The molecule has 3 aromatic rings. The molecule has 5 heterocycles. The van der Waals surface area contributed by atoms with Crippen molar-refractivity contribution in [3.05, 3.63) is 54.1 Å². The summed E-state index contributed by atoms with van der Waals surface area (Å²) in [4.78, 5) is 22.2. The van der Waals surface area contributed by atoms with Crippen LogP contribution in [0.1, 0.15) is 30.7 Å². The Labute approximate surface area is 192 Å². The Hall–Kier alpha value is -3.64. The summed E-state index contributed by atoms with van der Waals surface area (Å²) in [6.07, 6.45) is 5.53. The van der Waals surface area contributed by atoms with Gasteiger partial charge >= 0.3 is 0 Å². The van der Waals surface area contributed by atoms with Gasteiger partial charge in [-0.1, -0.05) is 0 Å². The summed E-state index contributed by atoms with van der Waals surface area (Å²) < 4.78 is 13.4. The normalized spacial score (nSPS) is 18.4. The lowest BCUT2D eigenvalue weighted by atomic mass is 10.2. The maximum atomic E-state index is 13.4. The van der Waals surface area contributed by atoms with Crippen LogP contribution in [-0.2, 0) is 6.54 Å². The maximum Gasteiger partial charge on any atom is 0.227 e. The Morgan fingerprint density at radius 1 is 1.03 bits per heavy atom. The molecule has 0 radical (unpaired) electrons. The van der Waals surface area contributed by atoms with E-state index in [0.717, 1.165) is 49.5 Å². The molecule has 8 nitrogen and oxygen atoms in total. The Kier molecular flexibility index (Phi) is 6.09. The highest BCUT2D eigenvalue weighted by molar-refractivity contribution is 5.65. The van der Waals surface area contributed by atoms with Gasteiger partial charge in [0.1, 0.15) is 12.2 Å². The second-order valence-corrected chi connectivity index (χ2v) is 8.42. The van der Waals surface area contributed by atoms with E-state index in [1.807, 2.05) is 24.3 Å². The lowest BCUT2D eigenvalue weighted by molar-refractivity contribution is 0.280. The molecule has 33 heavy (non-hydrogen) atoms. The van der Waals surface area contributed by atoms with Gasteiger partial charge in [-0.2, -0.15) is 5.26 Å². The second-order valence-electron chi connectivity index (χ2n) is 8.42. The van der Waals surface area contributed by atoms with Gasteiger partial charge in [0, 0.05) is 38.9 Å². The van der Waals surface area contributed by atoms with Crippen molar-refractivity contribution in [2.24, 2.45) is 0 Å². The number of anilines is 3. The highest BCUT2D eigenvalue weighted by atomic mass is 19.1. The number of pyridine rings is 2. The van der Waals surface area contributed by atoms with Crippen LogP contribution in [0.3, 0.4) is 0 Å². The maximum absolute atomic E-state index is 13.4. The SMILES string of the molecule is N#Cc1nc(-c2ccnc(Nc3ccc(CN4CC[C@H](F)C4)nc3)n2)ccc1N1CCCC1. The van der Waals surface area contributed by atoms with Crippen molar-refractivity contribution >= 4 is 17.3 Å². The standard InChI is InChI=1S/C24H25FN8/c25-17-8-12-32(15-17)16-19-4-3-18(14-28-19)29-24-27-9-7-21(31-24)20-5-6-23(22(13-26)30-20)33-10-1-2-11-33/h3-7,9,14,17H,1-2,8,10-12,15-16H2,(H,27,29,31)/t17-/m0/s1. The monoisotopic (exact) mass is 444 g/mol. The Morgan fingerprint density at radius 3 is 2.61 bits per heavy atom. The summed E-state index contributed by atoms with van der Waals surface area (Å²) in [7, 11) is 0. The third-order valence-electron chi connectivity index (χ3n) is 6.03. The molecule has 1 atom stereocenters. The predicted octanol–water partition coefficient (Wildman–Crippen LogP) is 3.69.